The molecule has 1 aliphatic heterocycles. The van der Waals surface area contributed by atoms with Crippen LogP contribution in [0, 0.1) is 6.92 Å². The van der Waals surface area contributed by atoms with Crippen LogP contribution < -0.4 is 5.32 Å². The van der Waals surface area contributed by atoms with Gasteiger partial charge in [0, 0.05) is 24.2 Å². The molecule has 2 amide bonds. The number of carbonyl (C=O) groups is 2. The van der Waals surface area contributed by atoms with E-state index >= 15 is 0 Å². The van der Waals surface area contributed by atoms with E-state index in [1.807, 2.05) is 37.3 Å². The molecule has 28 heavy (non-hydrogen) atoms. The molecule has 2 aromatic rings. The van der Waals surface area contributed by atoms with Gasteiger partial charge >= 0.3 is 0 Å². The molecule has 1 aliphatic rings. The summed E-state index contributed by atoms with van der Waals surface area (Å²) in [5.74, 6) is -0.348. The van der Waals surface area contributed by atoms with E-state index in [4.69, 9.17) is 11.6 Å². The number of amidine groups is 1. The highest BCUT2D eigenvalue weighted by Crippen LogP contribution is 2.31. The average Bonchev–Trinajstić information content (AvgIpc) is 2.93. The average molecular weight is 416 g/mol. The van der Waals surface area contributed by atoms with Gasteiger partial charge in [0.05, 0.1) is 5.69 Å². The summed E-state index contributed by atoms with van der Waals surface area (Å²) in [6.45, 7) is 3.99. The Morgan fingerprint density at radius 1 is 1.25 bits per heavy atom. The van der Waals surface area contributed by atoms with E-state index in [2.05, 4.69) is 17.2 Å². The third-order valence-electron chi connectivity index (χ3n) is 4.54. The molecule has 146 valence electrons. The SMILES string of the molecule is CCc1ccc(N=C2S[C@@H](CC(=O)Nc3ccc(C)c(Cl)c3)C(=O)N2C)cc1. The zero-order chi connectivity index (χ0) is 20.3. The lowest BCUT2D eigenvalue weighted by molar-refractivity contribution is -0.127. The maximum Gasteiger partial charge on any atom is 0.242 e. The topological polar surface area (TPSA) is 61.8 Å². The van der Waals surface area contributed by atoms with Crippen LogP contribution in [0.2, 0.25) is 5.02 Å². The molecule has 0 aromatic heterocycles. The number of rotatable bonds is 5. The first-order valence-electron chi connectivity index (χ1n) is 9.05. The van der Waals surface area contributed by atoms with Crippen molar-refractivity contribution in [3.05, 3.63) is 58.6 Å². The Balaban J connectivity index is 1.66. The minimum absolute atomic E-state index is 0.0765. The normalized spacial score (nSPS) is 18.0. The standard InChI is InChI=1S/C21H22ClN3O2S/c1-4-14-6-9-15(10-7-14)24-21-25(3)20(27)18(28-21)12-19(26)23-16-8-5-13(2)17(22)11-16/h5-11,18H,4,12H2,1-3H3,(H,23,26)/t18-/m0/s1. The van der Waals surface area contributed by atoms with Crippen LogP contribution in [0.4, 0.5) is 11.4 Å². The molecule has 5 nitrogen and oxygen atoms in total. The maximum atomic E-state index is 12.5. The Labute approximate surface area is 174 Å². The van der Waals surface area contributed by atoms with Crippen LogP contribution in [0.5, 0.6) is 0 Å². The Morgan fingerprint density at radius 2 is 1.96 bits per heavy atom. The lowest BCUT2D eigenvalue weighted by Gasteiger charge is -2.10. The summed E-state index contributed by atoms with van der Waals surface area (Å²) < 4.78 is 0. The van der Waals surface area contributed by atoms with Gasteiger partial charge in [0.25, 0.3) is 0 Å². The fraction of sp³-hybridized carbons (Fsp3) is 0.286. The number of carbonyl (C=O) groups excluding carboxylic acids is 2. The lowest BCUT2D eigenvalue weighted by atomic mass is 10.2. The summed E-state index contributed by atoms with van der Waals surface area (Å²) in [6.07, 6.45) is 1.04. The van der Waals surface area contributed by atoms with Crippen LogP contribution in [0.1, 0.15) is 24.5 Å². The van der Waals surface area contributed by atoms with E-state index < -0.39 is 5.25 Å². The molecule has 1 N–H and O–H groups in total. The molecular formula is C21H22ClN3O2S. The van der Waals surface area contributed by atoms with Crippen molar-refractivity contribution in [3.63, 3.8) is 0 Å². The number of aliphatic imine (C=N–C) groups is 1. The van der Waals surface area contributed by atoms with Crippen molar-refractivity contribution in [2.45, 2.75) is 31.9 Å². The van der Waals surface area contributed by atoms with Crippen LogP contribution in [0.15, 0.2) is 47.5 Å². The number of nitrogens with one attached hydrogen (secondary N) is 1. The van der Waals surface area contributed by atoms with Gasteiger partial charge in [-0.15, -0.1) is 0 Å². The van der Waals surface area contributed by atoms with Gasteiger partial charge in [-0.25, -0.2) is 4.99 Å². The molecule has 0 radical (unpaired) electrons. The largest absolute Gasteiger partial charge is 0.326 e. The maximum absolute atomic E-state index is 12.5. The van der Waals surface area contributed by atoms with Gasteiger partial charge in [-0.1, -0.05) is 48.5 Å². The second kappa shape index (κ2) is 8.80. The molecule has 0 saturated carbocycles. The summed E-state index contributed by atoms with van der Waals surface area (Å²) in [6, 6.07) is 13.3. The van der Waals surface area contributed by atoms with E-state index in [1.54, 1.807) is 19.2 Å². The molecule has 0 aliphatic carbocycles. The van der Waals surface area contributed by atoms with Crippen molar-refractivity contribution in [2.75, 3.05) is 12.4 Å². The second-order valence-electron chi connectivity index (χ2n) is 6.63. The van der Waals surface area contributed by atoms with Crippen LogP contribution in [-0.4, -0.2) is 34.2 Å². The van der Waals surface area contributed by atoms with Gasteiger partial charge in [0.2, 0.25) is 11.8 Å². The van der Waals surface area contributed by atoms with Crippen molar-refractivity contribution in [1.82, 2.24) is 4.90 Å². The number of anilines is 1. The first-order valence-corrected chi connectivity index (χ1v) is 10.3. The first-order chi connectivity index (χ1) is 13.4. The van der Waals surface area contributed by atoms with Gasteiger partial charge in [0.1, 0.15) is 5.25 Å². The van der Waals surface area contributed by atoms with Crippen LogP contribution in [0.25, 0.3) is 0 Å². The molecular weight excluding hydrogens is 394 g/mol. The van der Waals surface area contributed by atoms with Crippen LogP contribution in [-0.2, 0) is 16.0 Å². The van der Waals surface area contributed by atoms with Gasteiger partial charge < -0.3 is 5.32 Å². The van der Waals surface area contributed by atoms with Crippen molar-refractivity contribution in [1.29, 1.82) is 0 Å². The Hall–Kier alpha value is -2.31. The van der Waals surface area contributed by atoms with Crippen molar-refractivity contribution >= 4 is 51.7 Å². The number of hydrogen-bond donors (Lipinski definition) is 1. The quantitative estimate of drug-likeness (QED) is 0.762. The van der Waals surface area contributed by atoms with Gasteiger partial charge in [-0.2, -0.15) is 0 Å². The van der Waals surface area contributed by atoms with E-state index in [9.17, 15) is 9.59 Å². The highest BCUT2D eigenvalue weighted by molar-refractivity contribution is 8.15. The fourth-order valence-corrected chi connectivity index (χ4v) is 4.10. The number of halogens is 1. The minimum Gasteiger partial charge on any atom is -0.326 e. The number of aryl methyl sites for hydroxylation is 2. The summed E-state index contributed by atoms with van der Waals surface area (Å²) in [5, 5.41) is 3.51. The van der Waals surface area contributed by atoms with Crippen molar-refractivity contribution < 1.29 is 9.59 Å². The molecule has 0 spiro atoms. The summed E-state index contributed by atoms with van der Waals surface area (Å²) in [4.78, 5) is 31.0. The summed E-state index contributed by atoms with van der Waals surface area (Å²) >= 11 is 7.41. The summed E-state index contributed by atoms with van der Waals surface area (Å²) in [7, 11) is 1.69. The van der Waals surface area contributed by atoms with Crippen LogP contribution >= 0.6 is 23.4 Å². The van der Waals surface area contributed by atoms with E-state index in [0.717, 1.165) is 17.7 Å². The zero-order valence-corrected chi connectivity index (χ0v) is 17.6. The molecule has 7 heteroatoms. The number of hydrogen-bond acceptors (Lipinski definition) is 4. The molecule has 1 atom stereocenters. The number of amides is 2. The van der Waals surface area contributed by atoms with Crippen molar-refractivity contribution in [3.8, 4) is 0 Å². The van der Waals surface area contributed by atoms with E-state index in [-0.39, 0.29) is 18.2 Å². The summed E-state index contributed by atoms with van der Waals surface area (Å²) in [5.41, 5.74) is 3.59. The molecule has 1 saturated heterocycles. The number of benzene rings is 2. The van der Waals surface area contributed by atoms with Gasteiger partial charge in [0.15, 0.2) is 5.17 Å². The van der Waals surface area contributed by atoms with Gasteiger partial charge in [-0.05, 0) is 48.7 Å². The lowest BCUT2D eigenvalue weighted by Crippen LogP contribution is -2.30. The predicted molar refractivity (Wildman–Crippen MR) is 116 cm³/mol. The molecule has 0 bridgehead atoms. The Kier molecular flexibility index (Phi) is 6.42. The van der Waals surface area contributed by atoms with E-state index in [1.165, 1.54) is 22.2 Å². The highest BCUT2D eigenvalue weighted by atomic mass is 35.5. The molecule has 0 unspecified atom stereocenters. The number of thioether (sulfide) groups is 1. The highest BCUT2D eigenvalue weighted by Gasteiger charge is 2.37. The third kappa shape index (κ3) is 4.75. The number of nitrogens with zero attached hydrogens (tertiary/aromatic N) is 2. The first kappa shape index (κ1) is 20.4. The monoisotopic (exact) mass is 415 g/mol. The smallest absolute Gasteiger partial charge is 0.242 e. The minimum atomic E-state index is -0.486. The Morgan fingerprint density at radius 3 is 2.61 bits per heavy atom. The second-order valence-corrected chi connectivity index (χ2v) is 8.21. The third-order valence-corrected chi connectivity index (χ3v) is 6.17. The van der Waals surface area contributed by atoms with Crippen molar-refractivity contribution in [2.24, 2.45) is 4.99 Å². The van der Waals surface area contributed by atoms with Gasteiger partial charge in [-0.3, -0.25) is 14.5 Å². The van der Waals surface area contributed by atoms with Crippen LogP contribution in [0.3, 0.4) is 0 Å². The van der Waals surface area contributed by atoms with E-state index in [0.29, 0.717) is 15.9 Å². The zero-order valence-electron chi connectivity index (χ0n) is 16.0. The fourth-order valence-electron chi connectivity index (χ4n) is 2.76. The molecule has 1 fully saturated rings. The molecule has 2 aromatic carbocycles. The Bertz CT molecular complexity index is 928. The molecule has 3 rings (SSSR count). The predicted octanol–water partition coefficient (Wildman–Crippen LogP) is 4.80. The molecule has 1 heterocycles.